The van der Waals surface area contributed by atoms with Gasteiger partial charge in [-0.25, -0.2) is 0 Å². The lowest BCUT2D eigenvalue weighted by Crippen LogP contribution is -2.34. The van der Waals surface area contributed by atoms with Gasteiger partial charge in [-0.15, -0.1) is 0 Å². The van der Waals surface area contributed by atoms with E-state index in [4.69, 9.17) is 9.47 Å². The summed E-state index contributed by atoms with van der Waals surface area (Å²) in [7, 11) is 1.60. The molecule has 1 unspecified atom stereocenters. The molecule has 110 valence electrons. The molecule has 1 atom stereocenters. The molecule has 0 amide bonds. The number of carbonyl (C=O) groups excluding carboxylic acids is 1. The normalized spacial score (nSPS) is 18.9. The maximum atomic E-state index is 12.5. The monoisotopic (exact) mass is 277 g/mol. The standard InChI is InChI=1S/C16H23NO3/c1-11(2)20-14-7-6-12(9-15(14)19-3)16(18)13-5-4-8-17-10-13/h6-7,9,11,13,17H,4-5,8,10H2,1-3H3. The van der Waals surface area contributed by atoms with E-state index in [1.807, 2.05) is 26.0 Å². The summed E-state index contributed by atoms with van der Waals surface area (Å²) >= 11 is 0. The molecule has 1 saturated heterocycles. The number of ether oxygens (including phenoxy) is 2. The molecule has 0 radical (unpaired) electrons. The molecule has 0 bridgehead atoms. The Kier molecular flexibility index (Phi) is 5.01. The highest BCUT2D eigenvalue weighted by molar-refractivity contribution is 5.98. The van der Waals surface area contributed by atoms with E-state index in [1.54, 1.807) is 13.2 Å². The summed E-state index contributed by atoms with van der Waals surface area (Å²) in [6.45, 7) is 5.71. The summed E-state index contributed by atoms with van der Waals surface area (Å²) < 4.78 is 11.0. The molecule has 1 aliphatic heterocycles. The van der Waals surface area contributed by atoms with Crippen LogP contribution in [0.4, 0.5) is 0 Å². The molecule has 1 heterocycles. The van der Waals surface area contributed by atoms with E-state index in [0.717, 1.165) is 25.9 Å². The Labute approximate surface area is 120 Å². The Balaban J connectivity index is 2.17. The minimum absolute atomic E-state index is 0.0744. The second-order valence-corrected chi connectivity index (χ2v) is 5.44. The molecule has 1 aromatic rings. The highest BCUT2D eigenvalue weighted by Crippen LogP contribution is 2.30. The minimum atomic E-state index is 0.0744. The molecule has 2 rings (SSSR count). The van der Waals surface area contributed by atoms with Crippen LogP contribution >= 0.6 is 0 Å². The molecule has 0 spiro atoms. The van der Waals surface area contributed by atoms with Gasteiger partial charge in [-0.1, -0.05) is 0 Å². The van der Waals surface area contributed by atoms with Crippen LogP contribution in [0.5, 0.6) is 11.5 Å². The van der Waals surface area contributed by atoms with Crippen LogP contribution in [0.3, 0.4) is 0 Å². The molecule has 1 aromatic carbocycles. The predicted molar refractivity (Wildman–Crippen MR) is 78.7 cm³/mol. The van der Waals surface area contributed by atoms with Crippen molar-refractivity contribution in [2.75, 3.05) is 20.2 Å². The Bertz CT molecular complexity index is 465. The first kappa shape index (κ1) is 14.9. The van der Waals surface area contributed by atoms with E-state index in [-0.39, 0.29) is 17.8 Å². The quantitative estimate of drug-likeness (QED) is 0.841. The van der Waals surface area contributed by atoms with Crippen LogP contribution in [0, 0.1) is 5.92 Å². The number of hydrogen-bond acceptors (Lipinski definition) is 4. The Morgan fingerprint density at radius 1 is 1.35 bits per heavy atom. The van der Waals surface area contributed by atoms with Crippen LogP contribution in [-0.2, 0) is 0 Å². The maximum Gasteiger partial charge on any atom is 0.167 e. The van der Waals surface area contributed by atoms with Gasteiger partial charge in [0.1, 0.15) is 0 Å². The van der Waals surface area contributed by atoms with E-state index in [1.165, 1.54) is 0 Å². The summed E-state index contributed by atoms with van der Waals surface area (Å²) in [5.41, 5.74) is 0.701. The van der Waals surface area contributed by atoms with Crippen molar-refractivity contribution in [3.63, 3.8) is 0 Å². The van der Waals surface area contributed by atoms with Crippen molar-refractivity contribution in [1.82, 2.24) is 5.32 Å². The van der Waals surface area contributed by atoms with Gasteiger partial charge in [-0.05, 0) is 51.4 Å². The van der Waals surface area contributed by atoms with Crippen molar-refractivity contribution in [1.29, 1.82) is 0 Å². The molecule has 4 heteroatoms. The number of hydrogen-bond donors (Lipinski definition) is 1. The van der Waals surface area contributed by atoms with Crippen LogP contribution in [0.2, 0.25) is 0 Å². The summed E-state index contributed by atoms with van der Waals surface area (Å²) in [6.07, 6.45) is 2.09. The molecule has 0 saturated carbocycles. The van der Waals surface area contributed by atoms with E-state index in [9.17, 15) is 4.79 Å². The predicted octanol–water partition coefficient (Wildman–Crippen LogP) is 2.66. The van der Waals surface area contributed by atoms with Crippen LogP contribution in [0.1, 0.15) is 37.0 Å². The number of rotatable bonds is 5. The van der Waals surface area contributed by atoms with Crippen LogP contribution in [0.15, 0.2) is 18.2 Å². The van der Waals surface area contributed by atoms with Gasteiger partial charge >= 0.3 is 0 Å². The lowest BCUT2D eigenvalue weighted by Gasteiger charge is -2.22. The van der Waals surface area contributed by atoms with Crippen molar-refractivity contribution < 1.29 is 14.3 Å². The maximum absolute atomic E-state index is 12.5. The average molecular weight is 277 g/mol. The fraction of sp³-hybridized carbons (Fsp3) is 0.562. The molecular formula is C16H23NO3. The Morgan fingerprint density at radius 3 is 2.75 bits per heavy atom. The SMILES string of the molecule is COc1cc(C(=O)C2CCCNC2)ccc1OC(C)C. The number of nitrogens with one attached hydrogen (secondary N) is 1. The van der Waals surface area contributed by atoms with Gasteiger partial charge in [0.25, 0.3) is 0 Å². The second-order valence-electron chi connectivity index (χ2n) is 5.44. The van der Waals surface area contributed by atoms with Crippen molar-refractivity contribution in [3.8, 4) is 11.5 Å². The molecule has 4 nitrogen and oxygen atoms in total. The van der Waals surface area contributed by atoms with E-state index in [2.05, 4.69) is 5.32 Å². The van der Waals surface area contributed by atoms with Crippen molar-refractivity contribution in [2.24, 2.45) is 5.92 Å². The number of piperidine rings is 1. The van der Waals surface area contributed by atoms with Crippen LogP contribution in [0.25, 0.3) is 0 Å². The smallest absolute Gasteiger partial charge is 0.167 e. The third kappa shape index (κ3) is 3.51. The fourth-order valence-electron chi connectivity index (χ4n) is 2.48. The number of carbonyl (C=O) groups is 1. The molecule has 1 fully saturated rings. The lowest BCUT2D eigenvalue weighted by molar-refractivity contribution is 0.0899. The Morgan fingerprint density at radius 2 is 2.15 bits per heavy atom. The third-order valence-corrected chi connectivity index (χ3v) is 3.48. The largest absolute Gasteiger partial charge is 0.493 e. The van der Waals surface area contributed by atoms with Gasteiger partial charge in [0.2, 0.25) is 0 Å². The first-order chi connectivity index (χ1) is 9.61. The van der Waals surface area contributed by atoms with Gasteiger partial charge in [-0.3, -0.25) is 4.79 Å². The highest BCUT2D eigenvalue weighted by Gasteiger charge is 2.23. The average Bonchev–Trinajstić information content (AvgIpc) is 2.47. The number of ketones is 1. The first-order valence-corrected chi connectivity index (χ1v) is 7.21. The molecule has 20 heavy (non-hydrogen) atoms. The first-order valence-electron chi connectivity index (χ1n) is 7.21. The number of methoxy groups -OCH3 is 1. The summed E-state index contributed by atoms with van der Waals surface area (Å²) in [4.78, 5) is 12.5. The van der Waals surface area contributed by atoms with Gasteiger partial charge in [0.05, 0.1) is 13.2 Å². The zero-order valence-electron chi connectivity index (χ0n) is 12.4. The molecule has 1 N–H and O–H groups in total. The summed E-state index contributed by atoms with van der Waals surface area (Å²) in [6, 6.07) is 5.44. The lowest BCUT2D eigenvalue weighted by atomic mass is 9.91. The minimum Gasteiger partial charge on any atom is -0.493 e. The van der Waals surface area contributed by atoms with E-state index in [0.29, 0.717) is 17.1 Å². The molecule has 0 aromatic heterocycles. The fourth-order valence-corrected chi connectivity index (χ4v) is 2.48. The van der Waals surface area contributed by atoms with E-state index < -0.39 is 0 Å². The molecule has 1 aliphatic rings. The zero-order valence-corrected chi connectivity index (χ0v) is 12.4. The van der Waals surface area contributed by atoms with Gasteiger partial charge in [-0.2, -0.15) is 0 Å². The van der Waals surface area contributed by atoms with Gasteiger partial charge < -0.3 is 14.8 Å². The second kappa shape index (κ2) is 6.75. The van der Waals surface area contributed by atoms with Crippen molar-refractivity contribution >= 4 is 5.78 Å². The number of benzene rings is 1. The van der Waals surface area contributed by atoms with Crippen LogP contribution < -0.4 is 14.8 Å². The van der Waals surface area contributed by atoms with Crippen LogP contribution in [-0.4, -0.2) is 32.1 Å². The molecular weight excluding hydrogens is 254 g/mol. The summed E-state index contributed by atoms with van der Waals surface area (Å²) in [5, 5.41) is 3.27. The number of Topliss-reactive ketones (excluding diaryl/α,β-unsaturated/α-hetero) is 1. The van der Waals surface area contributed by atoms with Crippen molar-refractivity contribution in [2.45, 2.75) is 32.8 Å². The highest BCUT2D eigenvalue weighted by atomic mass is 16.5. The Hall–Kier alpha value is -1.55. The van der Waals surface area contributed by atoms with Crippen molar-refractivity contribution in [3.05, 3.63) is 23.8 Å². The summed E-state index contributed by atoms with van der Waals surface area (Å²) in [5.74, 6) is 1.56. The topological polar surface area (TPSA) is 47.6 Å². The van der Waals surface area contributed by atoms with Gasteiger partial charge in [0, 0.05) is 18.0 Å². The molecule has 0 aliphatic carbocycles. The van der Waals surface area contributed by atoms with Gasteiger partial charge in [0.15, 0.2) is 17.3 Å². The zero-order chi connectivity index (χ0) is 14.5. The third-order valence-electron chi connectivity index (χ3n) is 3.48. The van der Waals surface area contributed by atoms with E-state index >= 15 is 0 Å².